The molecule has 7 heteroatoms. The predicted molar refractivity (Wildman–Crippen MR) is 122 cm³/mol. The highest BCUT2D eigenvalue weighted by molar-refractivity contribution is 6.26. The van der Waals surface area contributed by atoms with E-state index in [1.54, 1.807) is 24.3 Å². The Labute approximate surface area is 191 Å². The molecule has 0 aromatic heterocycles. The van der Waals surface area contributed by atoms with E-state index in [1.807, 2.05) is 18.2 Å². The zero-order valence-corrected chi connectivity index (χ0v) is 18.6. The zero-order valence-electron chi connectivity index (χ0n) is 18.6. The topological polar surface area (TPSA) is 86.8 Å². The number of hydrogen-bond acceptors (Lipinski definition) is 5. The summed E-state index contributed by atoms with van der Waals surface area (Å²) >= 11 is 0. The molecule has 0 unspecified atom stereocenters. The summed E-state index contributed by atoms with van der Waals surface area (Å²) in [4.78, 5) is 56.4. The van der Waals surface area contributed by atoms with E-state index in [0.29, 0.717) is 17.8 Å². The Hall–Kier alpha value is -3.32. The van der Waals surface area contributed by atoms with Crippen LogP contribution in [0.25, 0.3) is 0 Å². The SMILES string of the molecule is CCc1ccc2c(c1)[C@@]1(C(=O)N2)[C@H]2C(=O)N(c3ccc(C(C)=O)cc3)C(=O)[C@@H]2[C@H]2CCCN21. The second kappa shape index (κ2) is 6.84. The third kappa shape index (κ3) is 2.43. The molecule has 2 aromatic rings. The Kier molecular flexibility index (Phi) is 4.21. The molecule has 1 N–H and O–H groups in total. The summed E-state index contributed by atoms with van der Waals surface area (Å²) in [5.74, 6) is -2.20. The molecule has 2 aromatic carbocycles. The highest BCUT2D eigenvalue weighted by atomic mass is 16.2. The third-order valence-corrected chi connectivity index (χ3v) is 8.00. The normalized spacial score (nSPS) is 30.1. The zero-order chi connectivity index (χ0) is 23.1. The number of imide groups is 1. The van der Waals surface area contributed by atoms with Crippen LogP contribution in [0.2, 0.25) is 0 Å². The molecule has 3 fully saturated rings. The van der Waals surface area contributed by atoms with Gasteiger partial charge in [0.05, 0.1) is 17.5 Å². The van der Waals surface area contributed by atoms with Gasteiger partial charge in [0.1, 0.15) is 5.54 Å². The van der Waals surface area contributed by atoms with E-state index in [0.717, 1.165) is 36.1 Å². The Morgan fingerprint density at radius 3 is 2.55 bits per heavy atom. The van der Waals surface area contributed by atoms with Crippen molar-refractivity contribution in [2.24, 2.45) is 11.8 Å². The molecule has 168 valence electrons. The summed E-state index contributed by atoms with van der Waals surface area (Å²) in [5, 5.41) is 3.02. The fourth-order valence-corrected chi connectivity index (χ4v) is 6.57. The number of ketones is 1. The van der Waals surface area contributed by atoms with Gasteiger partial charge in [-0.2, -0.15) is 0 Å². The average molecular weight is 444 g/mol. The van der Waals surface area contributed by atoms with Crippen molar-refractivity contribution in [2.75, 3.05) is 16.8 Å². The molecule has 3 amide bonds. The molecule has 4 heterocycles. The maximum absolute atomic E-state index is 14.0. The number of nitrogens with one attached hydrogen (secondary N) is 1. The number of rotatable bonds is 3. The number of carbonyl (C=O) groups excluding carboxylic acids is 4. The lowest BCUT2D eigenvalue weighted by Crippen LogP contribution is -2.54. The lowest BCUT2D eigenvalue weighted by atomic mass is 9.75. The first-order chi connectivity index (χ1) is 15.9. The van der Waals surface area contributed by atoms with E-state index < -0.39 is 17.4 Å². The van der Waals surface area contributed by atoms with E-state index in [-0.39, 0.29) is 29.5 Å². The minimum absolute atomic E-state index is 0.0796. The van der Waals surface area contributed by atoms with Crippen LogP contribution >= 0.6 is 0 Å². The molecule has 33 heavy (non-hydrogen) atoms. The fraction of sp³-hybridized carbons (Fsp3) is 0.385. The number of Topliss-reactive ketones (excluding diaryl/α,β-unsaturated/α-hetero) is 1. The van der Waals surface area contributed by atoms with Gasteiger partial charge in [0.2, 0.25) is 17.7 Å². The van der Waals surface area contributed by atoms with Gasteiger partial charge in [0.15, 0.2) is 5.78 Å². The van der Waals surface area contributed by atoms with Crippen LogP contribution in [0.15, 0.2) is 42.5 Å². The lowest BCUT2D eigenvalue weighted by molar-refractivity contribution is -0.135. The number of benzene rings is 2. The molecule has 4 aliphatic heterocycles. The monoisotopic (exact) mass is 443 g/mol. The van der Waals surface area contributed by atoms with E-state index in [2.05, 4.69) is 17.1 Å². The Morgan fingerprint density at radius 1 is 1.09 bits per heavy atom. The molecule has 6 rings (SSSR count). The minimum Gasteiger partial charge on any atom is -0.324 e. The van der Waals surface area contributed by atoms with Gasteiger partial charge in [-0.3, -0.25) is 24.1 Å². The van der Waals surface area contributed by atoms with Gasteiger partial charge in [-0.25, -0.2) is 4.90 Å². The van der Waals surface area contributed by atoms with Crippen molar-refractivity contribution in [3.8, 4) is 0 Å². The van der Waals surface area contributed by atoms with Crippen molar-refractivity contribution in [2.45, 2.75) is 44.7 Å². The summed E-state index contributed by atoms with van der Waals surface area (Å²) in [6, 6.07) is 12.4. The van der Waals surface area contributed by atoms with Crippen LogP contribution in [0, 0.1) is 11.8 Å². The maximum Gasteiger partial charge on any atom is 0.250 e. The molecule has 4 aliphatic rings. The highest BCUT2D eigenvalue weighted by Gasteiger charge is 2.74. The first kappa shape index (κ1) is 20.3. The van der Waals surface area contributed by atoms with Gasteiger partial charge < -0.3 is 5.32 Å². The van der Waals surface area contributed by atoms with Gasteiger partial charge in [0, 0.05) is 22.9 Å². The number of aryl methyl sites for hydroxylation is 1. The smallest absolute Gasteiger partial charge is 0.250 e. The molecular formula is C26H25N3O4. The van der Waals surface area contributed by atoms with Gasteiger partial charge in [-0.1, -0.05) is 19.1 Å². The average Bonchev–Trinajstić information content (AvgIpc) is 3.51. The molecule has 0 saturated carbocycles. The fourth-order valence-electron chi connectivity index (χ4n) is 6.57. The number of hydrogen-bond donors (Lipinski definition) is 1. The van der Waals surface area contributed by atoms with Crippen LogP contribution in [0.5, 0.6) is 0 Å². The summed E-state index contributed by atoms with van der Waals surface area (Å²) < 4.78 is 0. The Balaban J connectivity index is 1.51. The van der Waals surface area contributed by atoms with Crippen molar-refractivity contribution >= 4 is 34.9 Å². The predicted octanol–water partition coefficient (Wildman–Crippen LogP) is 2.88. The lowest BCUT2D eigenvalue weighted by Gasteiger charge is -2.36. The molecule has 4 atom stereocenters. The number of carbonyl (C=O) groups is 4. The van der Waals surface area contributed by atoms with E-state index in [9.17, 15) is 19.2 Å². The largest absolute Gasteiger partial charge is 0.324 e. The summed E-state index contributed by atoms with van der Waals surface area (Å²) in [6.07, 6.45) is 2.49. The van der Waals surface area contributed by atoms with E-state index >= 15 is 0 Å². The molecule has 0 aliphatic carbocycles. The number of amides is 3. The van der Waals surface area contributed by atoms with Gasteiger partial charge >= 0.3 is 0 Å². The van der Waals surface area contributed by atoms with Crippen LogP contribution in [0.4, 0.5) is 11.4 Å². The summed E-state index contributed by atoms with van der Waals surface area (Å²) in [5.41, 5.74) is 2.46. The van der Waals surface area contributed by atoms with Crippen molar-refractivity contribution in [3.05, 3.63) is 59.2 Å². The molecule has 3 saturated heterocycles. The second-order valence-corrected chi connectivity index (χ2v) is 9.48. The van der Waals surface area contributed by atoms with Crippen LogP contribution in [0.1, 0.15) is 48.2 Å². The third-order valence-electron chi connectivity index (χ3n) is 8.00. The summed E-state index contributed by atoms with van der Waals surface area (Å²) in [6.45, 7) is 4.23. The van der Waals surface area contributed by atoms with Gasteiger partial charge in [0.25, 0.3) is 0 Å². The van der Waals surface area contributed by atoms with Crippen LogP contribution < -0.4 is 10.2 Å². The molecular weight excluding hydrogens is 418 g/mol. The van der Waals surface area contributed by atoms with Crippen molar-refractivity contribution < 1.29 is 19.2 Å². The van der Waals surface area contributed by atoms with E-state index in [4.69, 9.17) is 0 Å². The van der Waals surface area contributed by atoms with E-state index in [1.165, 1.54) is 11.8 Å². The molecule has 7 nitrogen and oxygen atoms in total. The Bertz CT molecular complexity index is 1240. The van der Waals surface area contributed by atoms with Gasteiger partial charge in [-0.15, -0.1) is 0 Å². The molecule has 0 bridgehead atoms. The van der Waals surface area contributed by atoms with Crippen molar-refractivity contribution in [3.63, 3.8) is 0 Å². The highest BCUT2D eigenvalue weighted by Crippen LogP contribution is 2.60. The number of nitrogens with zero attached hydrogens (tertiary/aromatic N) is 2. The van der Waals surface area contributed by atoms with Crippen LogP contribution in [0.3, 0.4) is 0 Å². The minimum atomic E-state index is -1.16. The van der Waals surface area contributed by atoms with Gasteiger partial charge in [-0.05, 0) is 68.6 Å². The number of anilines is 2. The van der Waals surface area contributed by atoms with Crippen LogP contribution in [-0.4, -0.2) is 41.0 Å². The first-order valence-electron chi connectivity index (χ1n) is 11.6. The van der Waals surface area contributed by atoms with Crippen molar-refractivity contribution in [1.82, 2.24) is 4.90 Å². The standard InChI is InChI=1S/C26H25N3O4/c1-3-15-6-11-19-18(13-15)26(25(33)27-19)22-21(20-5-4-12-28(20)26)23(31)29(24(22)32)17-9-7-16(8-10-17)14(2)30/h6-11,13,20-22H,3-5,12H2,1-2H3,(H,27,33)/t20-,21-,22-,26+/m1/s1. The number of fused-ring (bicyclic) bond motifs is 7. The molecule has 1 spiro atoms. The summed E-state index contributed by atoms with van der Waals surface area (Å²) in [7, 11) is 0. The Morgan fingerprint density at radius 2 is 1.85 bits per heavy atom. The van der Waals surface area contributed by atoms with Crippen molar-refractivity contribution in [1.29, 1.82) is 0 Å². The second-order valence-electron chi connectivity index (χ2n) is 9.48. The molecule has 0 radical (unpaired) electrons. The quantitative estimate of drug-likeness (QED) is 0.582. The van der Waals surface area contributed by atoms with Crippen LogP contribution in [-0.2, 0) is 26.3 Å². The first-order valence-corrected chi connectivity index (χ1v) is 11.6. The maximum atomic E-state index is 14.0.